The Morgan fingerprint density at radius 3 is 2.44 bits per heavy atom. The maximum absolute atomic E-state index is 2.50. The van der Waals surface area contributed by atoms with Crippen molar-refractivity contribution in [1.82, 2.24) is 0 Å². The molecule has 2 rings (SSSR count). The Morgan fingerprint density at radius 2 is 1.81 bits per heavy atom. The molecular weight excluding hydrogens is 311 g/mol. The van der Waals surface area contributed by atoms with Gasteiger partial charge in [0, 0.05) is 13.6 Å². The zero-order valence-corrected chi connectivity index (χ0v) is 12.6. The van der Waals surface area contributed by atoms with Gasteiger partial charge >= 0.3 is 0 Å². The number of rotatable bonds is 3. The largest absolute Gasteiger partial charge is 0.353 e. The van der Waals surface area contributed by atoms with E-state index in [-0.39, 0.29) is 24.0 Å². The lowest BCUT2D eigenvalue weighted by Crippen LogP contribution is -2.39. The van der Waals surface area contributed by atoms with Crippen LogP contribution in [0.1, 0.15) is 26.7 Å². The highest BCUT2D eigenvalue weighted by Crippen LogP contribution is 2.37. The van der Waals surface area contributed by atoms with E-state index in [2.05, 4.69) is 55.0 Å². The van der Waals surface area contributed by atoms with E-state index in [1.165, 1.54) is 30.8 Å². The maximum Gasteiger partial charge on any atom is 0.0985 e. The molecule has 16 heavy (non-hydrogen) atoms. The van der Waals surface area contributed by atoms with Crippen LogP contribution in [0.2, 0.25) is 0 Å². The topological polar surface area (TPSA) is 6.48 Å². The maximum atomic E-state index is 2.50. The molecule has 0 aliphatic carbocycles. The van der Waals surface area contributed by atoms with Gasteiger partial charge in [0.1, 0.15) is 0 Å². The molecule has 1 heterocycles. The fourth-order valence-electron chi connectivity index (χ4n) is 2.25. The number of nitrogens with zero attached hydrogens (tertiary/aromatic N) is 2. The molecule has 0 saturated carbocycles. The van der Waals surface area contributed by atoms with E-state index in [4.69, 9.17) is 0 Å². The van der Waals surface area contributed by atoms with Gasteiger partial charge in [0.05, 0.1) is 17.5 Å². The Bertz CT molecular complexity index is 340. The van der Waals surface area contributed by atoms with Crippen molar-refractivity contribution in [3.63, 3.8) is 0 Å². The molecular formula is C13H21IN2. The Morgan fingerprint density at radius 1 is 1.19 bits per heavy atom. The number of hydrogen-bond donors (Lipinski definition) is 0. The smallest absolute Gasteiger partial charge is 0.0985 e. The van der Waals surface area contributed by atoms with Crippen molar-refractivity contribution in [3.8, 4) is 0 Å². The molecule has 90 valence electrons. The second kappa shape index (κ2) is 5.75. The molecule has 3 heteroatoms. The molecule has 1 aromatic rings. The normalized spacial score (nSPS) is 18.3. The standard InChI is InChI=1S/C13H20N2.HI/c1-4-5-10-15-11(2)14(3)12-8-6-7-9-13(12)15;/h6-9,11H,4-5,10H2,1-3H3;1H. The molecule has 0 amide bonds. The highest BCUT2D eigenvalue weighted by molar-refractivity contribution is 14.0. The summed E-state index contributed by atoms with van der Waals surface area (Å²) in [5, 5.41) is 0. The lowest BCUT2D eigenvalue weighted by Gasteiger charge is -2.27. The molecule has 0 radical (unpaired) electrons. The average molecular weight is 332 g/mol. The predicted octanol–water partition coefficient (Wildman–Crippen LogP) is 3.71. The summed E-state index contributed by atoms with van der Waals surface area (Å²) >= 11 is 0. The number of para-hydroxylation sites is 2. The SMILES string of the molecule is CCCCN1c2ccccc2N(C)C1C.I. The first-order valence-corrected chi connectivity index (χ1v) is 5.84. The lowest BCUT2D eigenvalue weighted by atomic mass is 10.2. The molecule has 0 saturated heterocycles. The van der Waals surface area contributed by atoms with E-state index in [1.54, 1.807) is 0 Å². The summed E-state index contributed by atoms with van der Waals surface area (Å²) in [5.74, 6) is 0. The van der Waals surface area contributed by atoms with Crippen LogP contribution < -0.4 is 9.80 Å². The molecule has 1 aliphatic heterocycles. The van der Waals surface area contributed by atoms with E-state index < -0.39 is 0 Å². The second-order valence-electron chi connectivity index (χ2n) is 4.28. The average Bonchev–Trinajstić information content (AvgIpc) is 2.51. The van der Waals surface area contributed by atoms with Crippen molar-refractivity contribution in [2.24, 2.45) is 0 Å². The van der Waals surface area contributed by atoms with Crippen molar-refractivity contribution < 1.29 is 0 Å². The molecule has 1 unspecified atom stereocenters. The number of halogens is 1. The summed E-state index contributed by atoms with van der Waals surface area (Å²) in [5.41, 5.74) is 2.75. The monoisotopic (exact) mass is 332 g/mol. The van der Waals surface area contributed by atoms with E-state index in [1.807, 2.05) is 0 Å². The summed E-state index contributed by atoms with van der Waals surface area (Å²) in [7, 11) is 2.18. The van der Waals surface area contributed by atoms with Crippen LogP contribution in [-0.2, 0) is 0 Å². The molecule has 1 atom stereocenters. The van der Waals surface area contributed by atoms with E-state index >= 15 is 0 Å². The van der Waals surface area contributed by atoms with E-state index in [0.29, 0.717) is 6.17 Å². The van der Waals surface area contributed by atoms with Crippen LogP contribution in [0.15, 0.2) is 24.3 Å². The predicted molar refractivity (Wildman–Crippen MR) is 82.0 cm³/mol. The fraction of sp³-hybridized carbons (Fsp3) is 0.538. The Labute approximate surface area is 116 Å². The van der Waals surface area contributed by atoms with Gasteiger partial charge in [-0.2, -0.15) is 0 Å². The minimum Gasteiger partial charge on any atom is -0.353 e. The van der Waals surface area contributed by atoms with Gasteiger partial charge in [0.2, 0.25) is 0 Å². The van der Waals surface area contributed by atoms with Crippen LogP contribution in [0, 0.1) is 0 Å². The zero-order valence-electron chi connectivity index (χ0n) is 10.3. The third-order valence-corrected chi connectivity index (χ3v) is 3.34. The van der Waals surface area contributed by atoms with Crippen molar-refractivity contribution in [2.45, 2.75) is 32.9 Å². The van der Waals surface area contributed by atoms with Crippen molar-refractivity contribution in [2.75, 3.05) is 23.4 Å². The van der Waals surface area contributed by atoms with Gasteiger partial charge in [0.25, 0.3) is 0 Å². The van der Waals surface area contributed by atoms with Gasteiger partial charge in [-0.1, -0.05) is 25.5 Å². The molecule has 1 aliphatic rings. The van der Waals surface area contributed by atoms with Crippen molar-refractivity contribution in [3.05, 3.63) is 24.3 Å². The van der Waals surface area contributed by atoms with Gasteiger partial charge in [-0.05, 0) is 25.5 Å². The van der Waals surface area contributed by atoms with Gasteiger partial charge in [-0.3, -0.25) is 0 Å². The minimum absolute atomic E-state index is 0. The quantitative estimate of drug-likeness (QED) is 0.779. The van der Waals surface area contributed by atoms with Gasteiger partial charge in [0.15, 0.2) is 0 Å². The van der Waals surface area contributed by atoms with Crippen molar-refractivity contribution in [1.29, 1.82) is 0 Å². The summed E-state index contributed by atoms with van der Waals surface area (Å²) in [6.45, 7) is 5.69. The van der Waals surface area contributed by atoms with Gasteiger partial charge in [-0.25, -0.2) is 0 Å². The first-order valence-electron chi connectivity index (χ1n) is 5.84. The van der Waals surface area contributed by atoms with Crippen LogP contribution in [0.5, 0.6) is 0 Å². The Balaban J connectivity index is 0.00000128. The van der Waals surface area contributed by atoms with Gasteiger partial charge in [-0.15, -0.1) is 24.0 Å². The third-order valence-electron chi connectivity index (χ3n) is 3.34. The highest BCUT2D eigenvalue weighted by atomic mass is 127. The van der Waals surface area contributed by atoms with Crippen LogP contribution >= 0.6 is 24.0 Å². The summed E-state index contributed by atoms with van der Waals surface area (Å²) < 4.78 is 0. The second-order valence-corrected chi connectivity index (χ2v) is 4.28. The fourth-order valence-corrected chi connectivity index (χ4v) is 2.25. The lowest BCUT2D eigenvalue weighted by molar-refractivity contribution is 0.630. The number of anilines is 2. The summed E-state index contributed by atoms with van der Waals surface area (Å²) in [4.78, 5) is 4.85. The molecule has 0 spiro atoms. The van der Waals surface area contributed by atoms with Gasteiger partial charge < -0.3 is 9.80 Å². The number of unbranched alkanes of at least 4 members (excludes halogenated alkanes) is 1. The first-order chi connectivity index (χ1) is 7.25. The van der Waals surface area contributed by atoms with E-state index in [9.17, 15) is 0 Å². The number of benzene rings is 1. The molecule has 1 aromatic carbocycles. The summed E-state index contributed by atoms with van der Waals surface area (Å²) in [6.07, 6.45) is 3.02. The van der Waals surface area contributed by atoms with Crippen LogP contribution in [0.4, 0.5) is 11.4 Å². The Hall–Kier alpha value is -0.450. The third kappa shape index (κ3) is 2.29. The summed E-state index contributed by atoms with van der Waals surface area (Å²) in [6, 6.07) is 8.68. The molecule has 0 N–H and O–H groups in total. The molecule has 0 aromatic heterocycles. The zero-order chi connectivity index (χ0) is 10.8. The minimum atomic E-state index is 0. The molecule has 2 nitrogen and oxygen atoms in total. The molecule has 0 fully saturated rings. The van der Waals surface area contributed by atoms with Crippen LogP contribution in [-0.4, -0.2) is 19.8 Å². The number of hydrogen-bond acceptors (Lipinski definition) is 2. The Kier molecular flexibility index (Phi) is 4.89. The highest BCUT2D eigenvalue weighted by Gasteiger charge is 2.28. The van der Waals surface area contributed by atoms with E-state index in [0.717, 1.165) is 0 Å². The van der Waals surface area contributed by atoms with Crippen LogP contribution in [0.25, 0.3) is 0 Å². The van der Waals surface area contributed by atoms with Crippen LogP contribution in [0.3, 0.4) is 0 Å². The first kappa shape index (κ1) is 13.6. The molecule has 0 bridgehead atoms. The van der Waals surface area contributed by atoms with Crippen molar-refractivity contribution >= 4 is 35.4 Å². The number of fused-ring (bicyclic) bond motifs is 1.